The van der Waals surface area contributed by atoms with Gasteiger partial charge in [-0.15, -0.1) is 0 Å². The lowest BCUT2D eigenvalue weighted by Crippen LogP contribution is -2.47. The molecule has 1 heterocycles. The molecule has 0 bridgehead atoms. The highest BCUT2D eigenvalue weighted by molar-refractivity contribution is 5.89. The summed E-state index contributed by atoms with van der Waals surface area (Å²) in [5.74, 6) is -2.28. The van der Waals surface area contributed by atoms with Gasteiger partial charge in [0.05, 0.1) is 26.8 Å². The van der Waals surface area contributed by atoms with Crippen LogP contribution in [0.5, 0.6) is 5.75 Å². The standard InChI is InChI=1S/C21H29FN2O7.C2H6/c1-4-31-21(29-3)12-17(20(27)28-2)24(14-21)19(26)13-23-18(25)6-5-11-30-16-9-7-15(22)8-10-16;1-2/h7-10,17H,4-6,11-14H2,1-3H3,(H,23,25);1-2H3. The summed E-state index contributed by atoms with van der Waals surface area (Å²) in [6.07, 6.45) is 0.712. The third-order valence-electron chi connectivity index (χ3n) is 4.93. The Morgan fingerprint density at radius 3 is 2.42 bits per heavy atom. The van der Waals surface area contributed by atoms with Crippen LogP contribution < -0.4 is 10.1 Å². The van der Waals surface area contributed by atoms with Crippen molar-refractivity contribution in [2.75, 3.05) is 40.5 Å². The summed E-state index contributed by atoms with van der Waals surface area (Å²) >= 11 is 0. The summed E-state index contributed by atoms with van der Waals surface area (Å²) in [4.78, 5) is 38.2. The minimum absolute atomic E-state index is 0.0529. The van der Waals surface area contributed by atoms with Crippen molar-refractivity contribution in [3.63, 3.8) is 0 Å². The monoisotopic (exact) mass is 470 g/mol. The second-order valence-corrected chi connectivity index (χ2v) is 7.00. The van der Waals surface area contributed by atoms with Crippen LogP contribution in [0.2, 0.25) is 0 Å². The average molecular weight is 471 g/mol. The number of rotatable bonds is 11. The number of hydrogen-bond donors (Lipinski definition) is 1. The molecule has 0 aromatic heterocycles. The number of benzene rings is 1. The first-order valence-electron chi connectivity index (χ1n) is 11.1. The van der Waals surface area contributed by atoms with E-state index in [4.69, 9.17) is 18.9 Å². The lowest BCUT2D eigenvalue weighted by Gasteiger charge is -2.27. The molecule has 10 heteroatoms. The Morgan fingerprint density at radius 1 is 1.18 bits per heavy atom. The number of esters is 1. The third kappa shape index (κ3) is 8.62. The number of amides is 2. The first kappa shape index (κ1) is 28.3. The van der Waals surface area contributed by atoms with Crippen LogP contribution in [0.1, 0.15) is 40.0 Å². The van der Waals surface area contributed by atoms with Crippen molar-refractivity contribution in [2.45, 2.75) is 51.9 Å². The molecule has 2 rings (SSSR count). The van der Waals surface area contributed by atoms with E-state index in [9.17, 15) is 18.8 Å². The SMILES string of the molecule is CC.CCOC1(OC)CC(C(=O)OC)N(C(=O)CNC(=O)CCCOc2ccc(F)cc2)C1. The molecule has 2 amide bonds. The molecule has 9 nitrogen and oxygen atoms in total. The second-order valence-electron chi connectivity index (χ2n) is 7.00. The summed E-state index contributed by atoms with van der Waals surface area (Å²) < 4.78 is 34.1. The number of nitrogens with zero attached hydrogens (tertiary/aromatic N) is 1. The third-order valence-corrected chi connectivity index (χ3v) is 4.93. The van der Waals surface area contributed by atoms with Gasteiger partial charge in [-0.25, -0.2) is 9.18 Å². The molecule has 0 aliphatic carbocycles. The van der Waals surface area contributed by atoms with Crippen LogP contribution in [0.25, 0.3) is 0 Å². The van der Waals surface area contributed by atoms with Crippen LogP contribution >= 0.6 is 0 Å². The average Bonchev–Trinajstić information content (AvgIpc) is 3.22. The molecular weight excluding hydrogens is 435 g/mol. The molecule has 2 unspecified atom stereocenters. The highest BCUT2D eigenvalue weighted by atomic mass is 19.1. The number of carbonyl (C=O) groups is 3. The molecule has 2 atom stereocenters. The molecule has 1 aliphatic heterocycles. The molecule has 1 N–H and O–H groups in total. The van der Waals surface area contributed by atoms with E-state index in [-0.39, 0.29) is 44.3 Å². The molecule has 33 heavy (non-hydrogen) atoms. The lowest BCUT2D eigenvalue weighted by molar-refractivity contribution is -0.210. The first-order valence-corrected chi connectivity index (χ1v) is 11.1. The molecule has 186 valence electrons. The minimum Gasteiger partial charge on any atom is -0.494 e. The van der Waals surface area contributed by atoms with Gasteiger partial charge < -0.3 is 29.2 Å². The van der Waals surface area contributed by atoms with E-state index in [0.717, 1.165) is 0 Å². The molecule has 0 radical (unpaired) electrons. The highest BCUT2D eigenvalue weighted by Crippen LogP contribution is 2.32. The summed E-state index contributed by atoms with van der Waals surface area (Å²) in [6, 6.07) is 4.73. The number of halogens is 1. The number of methoxy groups -OCH3 is 2. The van der Waals surface area contributed by atoms with Gasteiger partial charge in [0.15, 0.2) is 5.79 Å². The van der Waals surface area contributed by atoms with E-state index in [1.54, 1.807) is 6.92 Å². The molecule has 1 aromatic carbocycles. The molecule has 1 saturated heterocycles. The molecule has 1 fully saturated rings. The van der Waals surface area contributed by atoms with Crippen molar-refractivity contribution < 1.29 is 37.7 Å². The second kappa shape index (κ2) is 14.4. The molecule has 0 spiro atoms. The quantitative estimate of drug-likeness (QED) is 0.301. The predicted molar refractivity (Wildman–Crippen MR) is 119 cm³/mol. The number of likely N-dealkylation sites (tertiary alicyclic amines) is 1. The van der Waals surface area contributed by atoms with Crippen molar-refractivity contribution in [1.82, 2.24) is 10.2 Å². The maximum Gasteiger partial charge on any atom is 0.328 e. The Kier molecular flexibility index (Phi) is 12.4. The maximum atomic E-state index is 12.9. The van der Waals surface area contributed by atoms with Crippen LogP contribution in [0.15, 0.2) is 24.3 Å². The van der Waals surface area contributed by atoms with Crippen molar-refractivity contribution in [2.24, 2.45) is 0 Å². The summed E-state index contributed by atoms with van der Waals surface area (Å²) in [6.45, 7) is 6.20. The topological polar surface area (TPSA) is 103 Å². The van der Waals surface area contributed by atoms with Gasteiger partial charge >= 0.3 is 5.97 Å². The molecular formula is C23H35FN2O7. The van der Waals surface area contributed by atoms with Gasteiger partial charge in [0.2, 0.25) is 11.8 Å². The Morgan fingerprint density at radius 2 is 1.85 bits per heavy atom. The first-order chi connectivity index (χ1) is 15.8. The van der Waals surface area contributed by atoms with E-state index in [1.165, 1.54) is 43.4 Å². The van der Waals surface area contributed by atoms with Gasteiger partial charge in [-0.1, -0.05) is 13.8 Å². The van der Waals surface area contributed by atoms with Gasteiger partial charge in [-0.2, -0.15) is 0 Å². The van der Waals surface area contributed by atoms with E-state index >= 15 is 0 Å². The lowest BCUT2D eigenvalue weighted by atomic mass is 10.1. The zero-order valence-corrected chi connectivity index (χ0v) is 20.0. The Balaban J connectivity index is 0.00000265. The van der Waals surface area contributed by atoms with Crippen molar-refractivity contribution in [3.8, 4) is 5.75 Å². The van der Waals surface area contributed by atoms with E-state index in [0.29, 0.717) is 18.8 Å². The Bertz CT molecular complexity index is 760. The van der Waals surface area contributed by atoms with Crippen molar-refractivity contribution in [3.05, 3.63) is 30.1 Å². The fraction of sp³-hybridized carbons (Fsp3) is 0.609. The molecule has 0 saturated carbocycles. The van der Waals surface area contributed by atoms with Gasteiger partial charge in [0.25, 0.3) is 0 Å². The van der Waals surface area contributed by atoms with Crippen LogP contribution in [-0.4, -0.2) is 75.0 Å². The van der Waals surface area contributed by atoms with Crippen LogP contribution in [0.4, 0.5) is 4.39 Å². The zero-order chi connectivity index (χ0) is 24.9. The fourth-order valence-corrected chi connectivity index (χ4v) is 3.34. The largest absolute Gasteiger partial charge is 0.494 e. The van der Waals surface area contributed by atoms with E-state index < -0.39 is 23.7 Å². The summed E-state index contributed by atoms with van der Waals surface area (Å²) in [5.41, 5.74) is 0. The van der Waals surface area contributed by atoms with Gasteiger partial charge in [-0.05, 0) is 37.6 Å². The zero-order valence-electron chi connectivity index (χ0n) is 20.0. The Hall–Kier alpha value is -2.72. The van der Waals surface area contributed by atoms with Gasteiger partial charge in [0, 0.05) is 26.6 Å². The molecule has 1 aliphatic rings. The molecule has 1 aromatic rings. The van der Waals surface area contributed by atoms with Crippen LogP contribution in [0, 0.1) is 5.82 Å². The fourth-order valence-electron chi connectivity index (χ4n) is 3.34. The number of hydrogen-bond acceptors (Lipinski definition) is 7. The van der Waals surface area contributed by atoms with Gasteiger partial charge in [0.1, 0.15) is 17.6 Å². The van der Waals surface area contributed by atoms with Crippen LogP contribution in [-0.2, 0) is 28.6 Å². The van der Waals surface area contributed by atoms with Gasteiger partial charge in [-0.3, -0.25) is 9.59 Å². The van der Waals surface area contributed by atoms with Crippen molar-refractivity contribution in [1.29, 1.82) is 0 Å². The van der Waals surface area contributed by atoms with Crippen LogP contribution in [0.3, 0.4) is 0 Å². The maximum absolute atomic E-state index is 12.9. The van der Waals surface area contributed by atoms with E-state index in [2.05, 4.69) is 5.32 Å². The number of carbonyl (C=O) groups excluding carboxylic acids is 3. The summed E-state index contributed by atoms with van der Waals surface area (Å²) in [7, 11) is 2.70. The predicted octanol–water partition coefficient (Wildman–Crippen LogP) is 2.28. The van der Waals surface area contributed by atoms with Crippen molar-refractivity contribution >= 4 is 17.8 Å². The number of ether oxygens (including phenoxy) is 4. The van der Waals surface area contributed by atoms with E-state index in [1.807, 2.05) is 13.8 Å². The highest BCUT2D eigenvalue weighted by Gasteiger charge is 2.50. The number of nitrogens with one attached hydrogen (secondary N) is 1. The minimum atomic E-state index is -1.09. The normalized spacial score (nSPS) is 19.3. The smallest absolute Gasteiger partial charge is 0.328 e. The summed E-state index contributed by atoms with van der Waals surface area (Å²) in [5, 5.41) is 2.55. The Labute approximate surface area is 194 Å².